The van der Waals surface area contributed by atoms with E-state index in [1.165, 1.54) is 12.4 Å². The van der Waals surface area contributed by atoms with E-state index in [0.29, 0.717) is 4.47 Å². The Morgan fingerprint density at radius 2 is 2.26 bits per heavy atom. The quantitative estimate of drug-likeness (QED) is 0.876. The number of nitrogens with zero attached hydrogens (tertiary/aromatic N) is 4. The molecular weight excluding hydrogens is 333 g/mol. The second kappa shape index (κ2) is 4.60. The summed E-state index contributed by atoms with van der Waals surface area (Å²) in [4.78, 5) is 11.8. The molecule has 1 aromatic rings. The molecule has 2 heterocycles. The van der Waals surface area contributed by atoms with Gasteiger partial charge in [-0.2, -0.15) is 28.4 Å². The lowest BCUT2D eigenvalue weighted by molar-refractivity contribution is -0.302. The van der Waals surface area contributed by atoms with Crippen molar-refractivity contribution < 1.29 is 23.1 Å². The number of aliphatic hydroxyl groups is 1. The van der Waals surface area contributed by atoms with Gasteiger partial charge in [0.2, 0.25) is 0 Å². The van der Waals surface area contributed by atoms with Crippen molar-refractivity contribution in [1.82, 2.24) is 14.8 Å². The third-order valence-corrected chi connectivity index (χ3v) is 2.92. The normalized spacial score (nSPS) is 23.1. The molecule has 1 aliphatic rings. The van der Waals surface area contributed by atoms with Gasteiger partial charge in [0.25, 0.3) is 11.6 Å². The van der Waals surface area contributed by atoms with Crippen LogP contribution in [-0.4, -0.2) is 43.9 Å². The number of carbonyl (C=O) groups excluding carboxylic acids is 1. The smallest absolute Gasteiger partial charge is 0.362 e. The van der Waals surface area contributed by atoms with E-state index in [9.17, 15) is 23.1 Å². The molecule has 0 radical (unpaired) electrons. The zero-order valence-corrected chi connectivity index (χ0v) is 10.9. The maximum Gasteiger partial charge on any atom is 0.438 e. The first-order valence-electron chi connectivity index (χ1n) is 5.06. The number of alkyl halides is 3. The SMILES string of the molecule is O=C(Cn1cc(Br)cn1)N1N=CC[C@]1(O)C(F)(F)F. The molecule has 0 aromatic carbocycles. The Labute approximate surface area is 113 Å². The van der Waals surface area contributed by atoms with Crippen molar-refractivity contribution in [3.05, 3.63) is 16.9 Å². The topological polar surface area (TPSA) is 70.7 Å². The van der Waals surface area contributed by atoms with Crippen molar-refractivity contribution in [2.75, 3.05) is 0 Å². The Balaban J connectivity index is 2.16. The molecule has 0 saturated heterocycles. The lowest BCUT2D eigenvalue weighted by Gasteiger charge is -2.32. The van der Waals surface area contributed by atoms with Gasteiger partial charge in [-0.3, -0.25) is 9.48 Å². The minimum absolute atomic E-state index is 0.0442. The minimum atomic E-state index is -4.98. The number of halogens is 4. The average molecular weight is 341 g/mol. The van der Waals surface area contributed by atoms with Crippen molar-refractivity contribution >= 4 is 28.1 Å². The third kappa shape index (κ3) is 2.50. The van der Waals surface area contributed by atoms with Crippen molar-refractivity contribution in [2.24, 2.45) is 5.10 Å². The van der Waals surface area contributed by atoms with Crippen LogP contribution in [0.2, 0.25) is 0 Å². The molecule has 6 nitrogen and oxygen atoms in total. The number of hydrazone groups is 1. The molecule has 0 unspecified atom stereocenters. The second-order valence-corrected chi connectivity index (χ2v) is 4.79. The predicted octanol–water partition coefficient (Wildman–Crippen LogP) is 1.11. The number of amides is 1. The molecule has 1 atom stereocenters. The molecule has 0 aliphatic carbocycles. The van der Waals surface area contributed by atoms with E-state index in [2.05, 4.69) is 26.1 Å². The Morgan fingerprint density at radius 3 is 2.79 bits per heavy atom. The fraction of sp³-hybridized carbons (Fsp3) is 0.444. The molecule has 0 fully saturated rings. The van der Waals surface area contributed by atoms with E-state index in [-0.39, 0.29) is 5.01 Å². The van der Waals surface area contributed by atoms with E-state index in [4.69, 9.17) is 0 Å². The van der Waals surface area contributed by atoms with Crippen LogP contribution in [0.4, 0.5) is 13.2 Å². The van der Waals surface area contributed by atoms with Crippen LogP contribution in [0.1, 0.15) is 6.42 Å². The van der Waals surface area contributed by atoms with Crippen LogP contribution >= 0.6 is 15.9 Å². The summed E-state index contributed by atoms with van der Waals surface area (Å²) in [6, 6.07) is 0. The third-order valence-electron chi connectivity index (χ3n) is 2.51. The molecule has 1 N–H and O–H groups in total. The highest BCUT2D eigenvalue weighted by Gasteiger charge is 2.61. The number of aromatic nitrogens is 2. The lowest BCUT2D eigenvalue weighted by Crippen LogP contribution is -2.57. The highest BCUT2D eigenvalue weighted by molar-refractivity contribution is 9.10. The Bertz CT molecular complexity index is 530. The van der Waals surface area contributed by atoms with Crippen molar-refractivity contribution in [3.8, 4) is 0 Å². The van der Waals surface area contributed by atoms with Gasteiger partial charge in [0.05, 0.1) is 10.7 Å². The van der Waals surface area contributed by atoms with Gasteiger partial charge in [-0.15, -0.1) is 0 Å². The number of hydrogen-bond acceptors (Lipinski definition) is 4. The van der Waals surface area contributed by atoms with Gasteiger partial charge in [-0.1, -0.05) is 0 Å². The average Bonchev–Trinajstić information content (AvgIpc) is 2.85. The standard InChI is InChI=1S/C9H8BrF3N4O2/c10-6-3-15-16(4-6)5-7(18)17-8(19,1-2-14-17)9(11,12)13/h2-4,19H,1,5H2/t8-/m0/s1. The maximum absolute atomic E-state index is 12.7. The van der Waals surface area contributed by atoms with Crippen LogP contribution in [-0.2, 0) is 11.3 Å². The van der Waals surface area contributed by atoms with Gasteiger partial charge in [0.1, 0.15) is 6.54 Å². The summed E-state index contributed by atoms with van der Waals surface area (Å²) in [6.07, 6.45) is -2.11. The van der Waals surface area contributed by atoms with Crippen molar-refractivity contribution in [1.29, 1.82) is 0 Å². The van der Waals surface area contributed by atoms with Gasteiger partial charge in [-0.25, -0.2) is 0 Å². The second-order valence-electron chi connectivity index (χ2n) is 3.88. The molecule has 1 aliphatic heterocycles. The molecule has 10 heteroatoms. The van der Waals surface area contributed by atoms with E-state index in [0.717, 1.165) is 10.9 Å². The first-order chi connectivity index (χ1) is 8.74. The van der Waals surface area contributed by atoms with Crippen LogP contribution in [0.5, 0.6) is 0 Å². The minimum Gasteiger partial charge on any atom is -0.362 e. The summed E-state index contributed by atoms with van der Waals surface area (Å²) in [6.45, 7) is -0.457. The number of rotatable bonds is 2. The van der Waals surface area contributed by atoms with E-state index < -0.39 is 30.8 Å². The zero-order chi connectivity index (χ0) is 14.3. The summed E-state index contributed by atoms with van der Waals surface area (Å²) in [5.74, 6) is -1.01. The summed E-state index contributed by atoms with van der Waals surface area (Å²) >= 11 is 3.09. The molecule has 1 amide bonds. The van der Waals surface area contributed by atoms with E-state index in [1.54, 1.807) is 0 Å². The molecule has 19 heavy (non-hydrogen) atoms. The molecule has 1 aromatic heterocycles. The molecule has 104 valence electrons. The van der Waals surface area contributed by atoms with Crippen molar-refractivity contribution in [2.45, 2.75) is 24.9 Å². The van der Waals surface area contributed by atoms with Gasteiger partial charge in [0.15, 0.2) is 0 Å². The Kier molecular flexibility index (Phi) is 3.39. The highest BCUT2D eigenvalue weighted by atomic mass is 79.9. The molecular formula is C9H8BrF3N4O2. The van der Waals surface area contributed by atoms with Gasteiger partial charge in [-0.05, 0) is 15.9 Å². The van der Waals surface area contributed by atoms with Crippen LogP contribution in [0.3, 0.4) is 0 Å². The fourth-order valence-electron chi connectivity index (χ4n) is 1.57. The summed E-state index contributed by atoms with van der Waals surface area (Å²) in [7, 11) is 0. The summed E-state index contributed by atoms with van der Waals surface area (Å²) in [5.41, 5.74) is -3.28. The lowest BCUT2D eigenvalue weighted by atomic mass is 10.1. The van der Waals surface area contributed by atoms with Gasteiger partial charge >= 0.3 is 6.18 Å². The van der Waals surface area contributed by atoms with Crippen LogP contribution in [0.15, 0.2) is 22.0 Å². The van der Waals surface area contributed by atoms with Gasteiger partial charge in [0, 0.05) is 18.8 Å². The molecule has 0 spiro atoms. The largest absolute Gasteiger partial charge is 0.438 e. The van der Waals surface area contributed by atoms with Crippen LogP contribution in [0, 0.1) is 0 Å². The van der Waals surface area contributed by atoms with Crippen molar-refractivity contribution in [3.63, 3.8) is 0 Å². The molecule has 0 bridgehead atoms. The number of carbonyl (C=O) groups is 1. The maximum atomic E-state index is 12.7. The fourth-order valence-corrected chi connectivity index (χ4v) is 1.90. The summed E-state index contributed by atoms with van der Waals surface area (Å²) in [5, 5.41) is 16.6. The number of hydrogen-bond donors (Lipinski definition) is 1. The Hall–Kier alpha value is -1.42. The van der Waals surface area contributed by atoms with Crippen LogP contribution < -0.4 is 0 Å². The predicted molar refractivity (Wildman–Crippen MR) is 60.9 cm³/mol. The monoisotopic (exact) mass is 340 g/mol. The van der Waals surface area contributed by atoms with Gasteiger partial charge < -0.3 is 5.11 Å². The van der Waals surface area contributed by atoms with E-state index >= 15 is 0 Å². The Morgan fingerprint density at radius 1 is 1.58 bits per heavy atom. The summed E-state index contributed by atoms with van der Waals surface area (Å²) < 4.78 is 39.9. The first-order valence-corrected chi connectivity index (χ1v) is 5.86. The highest BCUT2D eigenvalue weighted by Crippen LogP contribution is 2.38. The first kappa shape index (κ1) is 14.0. The zero-order valence-electron chi connectivity index (χ0n) is 9.30. The van der Waals surface area contributed by atoms with E-state index in [1.807, 2.05) is 0 Å². The molecule has 2 rings (SSSR count). The molecule has 0 saturated carbocycles. The van der Waals surface area contributed by atoms with Crippen LogP contribution in [0.25, 0.3) is 0 Å².